The summed E-state index contributed by atoms with van der Waals surface area (Å²) in [4.78, 5) is 23.7. The zero-order chi connectivity index (χ0) is 14.2. The van der Waals surface area contributed by atoms with E-state index in [1.54, 1.807) is 32.9 Å². The second kappa shape index (κ2) is 4.42. The van der Waals surface area contributed by atoms with Gasteiger partial charge in [0.1, 0.15) is 11.2 Å². The molecule has 0 radical (unpaired) electrons. The fraction of sp³-hybridized carbons (Fsp3) is 0.286. The highest BCUT2D eigenvalue weighted by molar-refractivity contribution is 5.89. The minimum Gasteiger partial charge on any atom is -0.454 e. The largest absolute Gasteiger partial charge is 0.454 e. The molecule has 1 aromatic heterocycles. The fourth-order valence-electron chi connectivity index (χ4n) is 1.60. The van der Waals surface area contributed by atoms with E-state index in [1.165, 1.54) is 6.07 Å². The Labute approximate surface area is 110 Å². The third kappa shape index (κ3) is 2.93. The van der Waals surface area contributed by atoms with Crippen LogP contribution in [-0.4, -0.2) is 11.6 Å². The van der Waals surface area contributed by atoms with Crippen LogP contribution in [0.1, 0.15) is 31.3 Å². The molecule has 0 fully saturated rings. The maximum atomic E-state index is 11.9. The standard InChI is InChI=1S/C14H15NO4/c1-14(2,3)19-13(17)12-7-10(16)9-5-4-8(15)6-11(9)18-12/h4-7H,15H2,1-3H3. The van der Waals surface area contributed by atoms with Crippen LogP contribution in [0.3, 0.4) is 0 Å². The van der Waals surface area contributed by atoms with Crippen molar-refractivity contribution in [2.24, 2.45) is 0 Å². The number of nitrogen functional groups attached to an aromatic ring is 1. The summed E-state index contributed by atoms with van der Waals surface area (Å²) in [5.41, 5.74) is 5.39. The molecular formula is C14H15NO4. The second-order valence-electron chi connectivity index (χ2n) is 5.23. The SMILES string of the molecule is CC(C)(C)OC(=O)c1cc(=O)c2ccc(N)cc2o1. The number of rotatable bonds is 1. The molecule has 0 unspecified atom stereocenters. The van der Waals surface area contributed by atoms with E-state index in [1.807, 2.05) is 0 Å². The van der Waals surface area contributed by atoms with Gasteiger partial charge in [0.05, 0.1) is 5.39 Å². The predicted octanol–water partition coefficient (Wildman–Crippen LogP) is 2.33. The summed E-state index contributed by atoms with van der Waals surface area (Å²) < 4.78 is 10.5. The van der Waals surface area contributed by atoms with Gasteiger partial charge in [0, 0.05) is 17.8 Å². The third-order valence-corrected chi connectivity index (χ3v) is 2.35. The van der Waals surface area contributed by atoms with Crippen LogP contribution >= 0.6 is 0 Å². The second-order valence-corrected chi connectivity index (χ2v) is 5.23. The molecule has 0 saturated heterocycles. The van der Waals surface area contributed by atoms with Gasteiger partial charge in [0.25, 0.3) is 0 Å². The molecule has 0 bridgehead atoms. The molecule has 0 spiro atoms. The average Bonchev–Trinajstić information content (AvgIpc) is 2.25. The van der Waals surface area contributed by atoms with Crippen LogP contribution in [0.5, 0.6) is 0 Å². The minimum atomic E-state index is -0.672. The van der Waals surface area contributed by atoms with Gasteiger partial charge >= 0.3 is 5.97 Å². The van der Waals surface area contributed by atoms with Crippen molar-refractivity contribution in [2.75, 3.05) is 5.73 Å². The molecule has 5 heteroatoms. The fourth-order valence-corrected chi connectivity index (χ4v) is 1.60. The van der Waals surface area contributed by atoms with Crippen molar-refractivity contribution in [1.29, 1.82) is 0 Å². The predicted molar refractivity (Wildman–Crippen MR) is 72.1 cm³/mol. The van der Waals surface area contributed by atoms with Gasteiger partial charge in [-0.1, -0.05) is 0 Å². The summed E-state index contributed by atoms with van der Waals surface area (Å²) in [7, 11) is 0. The van der Waals surface area contributed by atoms with Gasteiger partial charge in [-0.05, 0) is 32.9 Å². The molecule has 2 aromatic rings. The number of anilines is 1. The van der Waals surface area contributed by atoms with Crippen LogP contribution < -0.4 is 11.2 Å². The number of carbonyl (C=O) groups is 1. The molecule has 0 amide bonds. The lowest BCUT2D eigenvalue weighted by molar-refractivity contribution is 0.00364. The zero-order valence-corrected chi connectivity index (χ0v) is 11.0. The Morgan fingerprint density at radius 3 is 2.58 bits per heavy atom. The molecule has 2 rings (SSSR count). The van der Waals surface area contributed by atoms with E-state index < -0.39 is 11.6 Å². The van der Waals surface area contributed by atoms with Crippen molar-refractivity contribution in [3.8, 4) is 0 Å². The van der Waals surface area contributed by atoms with Crippen molar-refractivity contribution in [3.05, 3.63) is 40.2 Å². The number of ether oxygens (including phenoxy) is 1. The smallest absolute Gasteiger partial charge is 0.374 e. The Morgan fingerprint density at radius 2 is 1.95 bits per heavy atom. The van der Waals surface area contributed by atoms with Crippen molar-refractivity contribution in [2.45, 2.75) is 26.4 Å². The van der Waals surface area contributed by atoms with E-state index >= 15 is 0 Å². The van der Waals surface area contributed by atoms with Crippen LogP contribution in [-0.2, 0) is 4.74 Å². The first kappa shape index (κ1) is 13.1. The van der Waals surface area contributed by atoms with E-state index in [4.69, 9.17) is 14.9 Å². The first-order valence-electron chi connectivity index (χ1n) is 5.83. The normalized spacial score (nSPS) is 11.5. The van der Waals surface area contributed by atoms with Crippen LogP contribution in [0.2, 0.25) is 0 Å². The summed E-state index contributed by atoms with van der Waals surface area (Å²) in [6.07, 6.45) is 0. The Morgan fingerprint density at radius 1 is 1.26 bits per heavy atom. The van der Waals surface area contributed by atoms with E-state index in [-0.39, 0.29) is 16.8 Å². The summed E-state index contributed by atoms with van der Waals surface area (Å²) in [5.74, 6) is -0.799. The van der Waals surface area contributed by atoms with Crippen LogP contribution in [0, 0.1) is 0 Å². The molecule has 100 valence electrons. The molecule has 0 atom stereocenters. The van der Waals surface area contributed by atoms with Gasteiger partial charge in [-0.3, -0.25) is 4.79 Å². The Kier molecular flexibility index (Phi) is 3.06. The molecule has 1 aromatic carbocycles. The van der Waals surface area contributed by atoms with Crippen LogP contribution in [0.15, 0.2) is 33.5 Å². The maximum Gasteiger partial charge on any atom is 0.374 e. The first-order chi connectivity index (χ1) is 8.76. The summed E-state index contributed by atoms with van der Waals surface area (Å²) in [6.45, 7) is 5.21. The quantitative estimate of drug-likeness (QED) is 0.629. The van der Waals surface area contributed by atoms with Gasteiger partial charge in [0.2, 0.25) is 5.76 Å². The lowest BCUT2D eigenvalue weighted by Gasteiger charge is -2.18. The van der Waals surface area contributed by atoms with Crippen LogP contribution in [0.4, 0.5) is 5.69 Å². The number of carbonyl (C=O) groups excluding carboxylic acids is 1. The van der Waals surface area contributed by atoms with Gasteiger partial charge < -0.3 is 14.9 Å². The number of nitrogens with two attached hydrogens (primary N) is 1. The summed E-state index contributed by atoms with van der Waals surface area (Å²) in [5, 5.41) is 0.376. The number of hydrogen-bond donors (Lipinski definition) is 1. The highest BCUT2D eigenvalue weighted by atomic mass is 16.6. The van der Waals surface area contributed by atoms with Gasteiger partial charge in [-0.15, -0.1) is 0 Å². The molecule has 0 aliphatic heterocycles. The lowest BCUT2D eigenvalue weighted by atomic mass is 10.2. The molecule has 0 aliphatic rings. The number of hydrogen-bond acceptors (Lipinski definition) is 5. The van der Waals surface area contributed by atoms with Gasteiger partial charge in [-0.25, -0.2) is 4.79 Å². The van der Waals surface area contributed by atoms with E-state index in [9.17, 15) is 9.59 Å². The Hall–Kier alpha value is -2.30. The number of benzene rings is 1. The Bertz CT molecular complexity index is 695. The zero-order valence-electron chi connectivity index (χ0n) is 11.0. The van der Waals surface area contributed by atoms with Crippen molar-refractivity contribution < 1.29 is 13.9 Å². The lowest BCUT2D eigenvalue weighted by Crippen LogP contribution is -2.24. The summed E-state index contributed by atoms with van der Waals surface area (Å²) in [6, 6.07) is 5.80. The summed E-state index contributed by atoms with van der Waals surface area (Å²) >= 11 is 0. The van der Waals surface area contributed by atoms with Gasteiger partial charge in [-0.2, -0.15) is 0 Å². The van der Waals surface area contributed by atoms with Crippen molar-refractivity contribution in [3.63, 3.8) is 0 Å². The minimum absolute atomic E-state index is 0.127. The number of esters is 1. The third-order valence-electron chi connectivity index (χ3n) is 2.35. The van der Waals surface area contributed by atoms with E-state index in [2.05, 4.69) is 0 Å². The van der Waals surface area contributed by atoms with E-state index in [0.29, 0.717) is 11.1 Å². The molecule has 19 heavy (non-hydrogen) atoms. The highest BCUT2D eigenvalue weighted by Crippen LogP contribution is 2.18. The molecule has 0 saturated carbocycles. The molecule has 5 nitrogen and oxygen atoms in total. The highest BCUT2D eigenvalue weighted by Gasteiger charge is 2.20. The average molecular weight is 261 g/mol. The molecular weight excluding hydrogens is 246 g/mol. The van der Waals surface area contributed by atoms with Crippen molar-refractivity contribution >= 4 is 22.6 Å². The van der Waals surface area contributed by atoms with Crippen molar-refractivity contribution in [1.82, 2.24) is 0 Å². The van der Waals surface area contributed by atoms with Crippen LogP contribution in [0.25, 0.3) is 11.0 Å². The molecule has 1 heterocycles. The maximum absolute atomic E-state index is 11.9. The van der Waals surface area contributed by atoms with Gasteiger partial charge in [0.15, 0.2) is 5.43 Å². The number of fused-ring (bicyclic) bond motifs is 1. The molecule has 0 aliphatic carbocycles. The first-order valence-corrected chi connectivity index (χ1v) is 5.83. The topological polar surface area (TPSA) is 82.5 Å². The van der Waals surface area contributed by atoms with E-state index in [0.717, 1.165) is 6.07 Å². The molecule has 2 N–H and O–H groups in total. The Balaban J connectivity index is 2.51. The monoisotopic (exact) mass is 261 g/mol.